The van der Waals surface area contributed by atoms with Crippen molar-refractivity contribution in [1.29, 1.82) is 0 Å². The van der Waals surface area contributed by atoms with Crippen molar-refractivity contribution in [3.8, 4) is 5.69 Å². The van der Waals surface area contributed by atoms with Crippen LogP contribution in [0, 0.1) is 5.82 Å². The van der Waals surface area contributed by atoms with Crippen LogP contribution in [-0.4, -0.2) is 46.9 Å². The number of benzene rings is 1. The number of amides is 1. The van der Waals surface area contributed by atoms with Crippen LogP contribution < -0.4 is 0 Å². The van der Waals surface area contributed by atoms with E-state index in [1.807, 2.05) is 4.90 Å². The Morgan fingerprint density at radius 2 is 2.22 bits per heavy atom. The lowest BCUT2D eigenvalue weighted by molar-refractivity contribution is -0.132. The summed E-state index contributed by atoms with van der Waals surface area (Å²) in [6, 6.07) is 6.03. The van der Waals surface area contributed by atoms with Gasteiger partial charge in [-0.1, -0.05) is 6.07 Å². The number of hydrogen-bond donors (Lipinski definition) is 0. The molecule has 2 aromatic heterocycles. The lowest BCUT2D eigenvalue weighted by atomic mass is 10.0. The maximum atomic E-state index is 13.8. The van der Waals surface area contributed by atoms with E-state index in [4.69, 9.17) is 4.98 Å². The Labute approximate surface area is 155 Å². The molecule has 0 bridgehead atoms. The first-order valence-electron chi connectivity index (χ1n) is 8.93. The average Bonchev–Trinajstić information content (AvgIpc) is 3.32. The third-order valence-electron chi connectivity index (χ3n) is 4.70. The molecule has 27 heavy (non-hydrogen) atoms. The average molecular weight is 369 g/mol. The molecular weight excluding hydrogens is 349 g/mol. The smallest absolute Gasteiger partial charge is 0.220 e. The molecule has 0 spiro atoms. The summed E-state index contributed by atoms with van der Waals surface area (Å²) in [5.41, 5.74) is 0.580. The number of carbonyl (C=O) groups excluding carboxylic acids is 1. The Kier molecular flexibility index (Phi) is 4.66. The zero-order chi connectivity index (χ0) is 18.8. The number of hydrogen-bond acceptors (Lipinski definition) is 5. The van der Waals surface area contributed by atoms with Crippen molar-refractivity contribution in [3.63, 3.8) is 0 Å². The van der Waals surface area contributed by atoms with Crippen LogP contribution in [0.2, 0.25) is 0 Å². The maximum absolute atomic E-state index is 13.8. The number of likely N-dealkylation sites (tertiary alicyclic amines) is 1. The van der Waals surface area contributed by atoms with Gasteiger partial charge in [-0.2, -0.15) is 5.10 Å². The van der Waals surface area contributed by atoms with Crippen molar-refractivity contribution in [1.82, 2.24) is 34.4 Å². The standard InChI is InChI=1S/C18H20FN7O/c1-13(27)25-8-3-2-7-16(25)18-22-17(10-24-12-20-11-21-24)23-26(18)15-6-4-5-14(19)9-15/h4-6,9,11-12,16H,2-3,7-8,10H2,1H3/t16-/m1/s1. The maximum Gasteiger partial charge on any atom is 0.220 e. The normalized spacial score (nSPS) is 17.3. The van der Waals surface area contributed by atoms with E-state index in [9.17, 15) is 9.18 Å². The van der Waals surface area contributed by atoms with E-state index in [2.05, 4.69) is 15.2 Å². The van der Waals surface area contributed by atoms with E-state index in [1.165, 1.54) is 18.5 Å². The zero-order valence-corrected chi connectivity index (χ0v) is 15.0. The summed E-state index contributed by atoms with van der Waals surface area (Å²) in [7, 11) is 0. The van der Waals surface area contributed by atoms with E-state index >= 15 is 0 Å². The molecule has 1 aliphatic heterocycles. The Morgan fingerprint density at radius 3 is 2.96 bits per heavy atom. The van der Waals surface area contributed by atoms with Crippen LogP contribution in [0.3, 0.4) is 0 Å². The van der Waals surface area contributed by atoms with E-state index in [1.54, 1.807) is 34.7 Å². The predicted octanol–water partition coefficient (Wildman–Crippen LogP) is 2.12. The van der Waals surface area contributed by atoms with Crippen LogP contribution in [0.1, 0.15) is 43.9 Å². The van der Waals surface area contributed by atoms with Crippen molar-refractivity contribution in [3.05, 3.63) is 54.4 Å². The van der Waals surface area contributed by atoms with Crippen LogP contribution >= 0.6 is 0 Å². The molecular formula is C18H20FN7O. The van der Waals surface area contributed by atoms with E-state index in [-0.39, 0.29) is 17.8 Å². The minimum atomic E-state index is -0.348. The Hall–Kier alpha value is -3.10. The van der Waals surface area contributed by atoms with Gasteiger partial charge in [0.2, 0.25) is 5.91 Å². The summed E-state index contributed by atoms with van der Waals surface area (Å²) in [5.74, 6) is 0.838. The minimum Gasteiger partial charge on any atom is -0.333 e. The summed E-state index contributed by atoms with van der Waals surface area (Å²) in [6.07, 6.45) is 5.81. The van der Waals surface area contributed by atoms with Gasteiger partial charge in [0.25, 0.3) is 0 Å². The number of aromatic nitrogens is 6. The first-order valence-corrected chi connectivity index (χ1v) is 8.93. The largest absolute Gasteiger partial charge is 0.333 e. The molecule has 0 N–H and O–H groups in total. The first kappa shape index (κ1) is 17.3. The molecule has 0 unspecified atom stereocenters. The zero-order valence-electron chi connectivity index (χ0n) is 15.0. The molecule has 1 atom stereocenters. The van der Waals surface area contributed by atoms with Crippen LogP contribution in [0.15, 0.2) is 36.9 Å². The fourth-order valence-electron chi connectivity index (χ4n) is 3.49. The molecule has 8 nitrogen and oxygen atoms in total. The Morgan fingerprint density at radius 1 is 1.33 bits per heavy atom. The van der Waals surface area contributed by atoms with Gasteiger partial charge in [-0.15, -0.1) is 5.10 Å². The molecule has 1 fully saturated rings. The van der Waals surface area contributed by atoms with Crippen molar-refractivity contribution in [2.75, 3.05) is 6.54 Å². The number of halogens is 1. The van der Waals surface area contributed by atoms with Crippen LogP contribution in [-0.2, 0) is 11.3 Å². The molecule has 3 heterocycles. The monoisotopic (exact) mass is 369 g/mol. The van der Waals surface area contributed by atoms with Gasteiger partial charge in [0.15, 0.2) is 11.6 Å². The van der Waals surface area contributed by atoms with E-state index in [0.717, 1.165) is 19.3 Å². The predicted molar refractivity (Wildman–Crippen MR) is 94.4 cm³/mol. The van der Waals surface area contributed by atoms with E-state index < -0.39 is 0 Å². The summed E-state index contributed by atoms with van der Waals surface area (Å²) >= 11 is 0. The molecule has 4 rings (SSSR count). The van der Waals surface area contributed by atoms with Gasteiger partial charge in [0.1, 0.15) is 25.0 Å². The highest BCUT2D eigenvalue weighted by Crippen LogP contribution is 2.31. The van der Waals surface area contributed by atoms with Crippen LogP contribution in [0.25, 0.3) is 5.69 Å². The molecule has 1 saturated heterocycles. The minimum absolute atomic E-state index is 0.00585. The lowest BCUT2D eigenvalue weighted by Gasteiger charge is -2.34. The van der Waals surface area contributed by atoms with Crippen molar-refractivity contribution in [2.45, 2.75) is 38.8 Å². The van der Waals surface area contributed by atoms with Crippen molar-refractivity contribution < 1.29 is 9.18 Å². The fraction of sp³-hybridized carbons (Fsp3) is 0.389. The highest BCUT2D eigenvalue weighted by atomic mass is 19.1. The van der Waals surface area contributed by atoms with E-state index in [0.29, 0.717) is 30.4 Å². The fourth-order valence-corrected chi connectivity index (χ4v) is 3.49. The van der Waals surface area contributed by atoms with Gasteiger partial charge in [-0.3, -0.25) is 4.79 Å². The molecule has 1 aromatic carbocycles. The number of piperidine rings is 1. The highest BCUT2D eigenvalue weighted by molar-refractivity contribution is 5.73. The molecule has 0 aliphatic carbocycles. The number of rotatable bonds is 4. The summed E-state index contributed by atoms with van der Waals surface area (Å²) in [6.45, 7) is 2.61. The number of nitrogens with zero attached hydrogens (tertiary/aromatic N) is 7. The Bertz CT molecular complexity index is 937. The van der Waals surface area contributed by atoms with Gasteiger partial charge in [-0.25, -0.2) is 23.7 Å². The molecule has 9 heteroatoms. The molecule has 0 saturated carbocycles. The molecule has 1 aliphatic rings. The summed E-state index contributed by atoms with van der Waals surface area (Å²) < 4.78 is 17.1. The summed E-state index contributed by atoms with van der Waals surface area (Å²) in [5, 5.41) is 8.66. The van der Waals surface area contributed by atoms with Gasteiger partial charge in [-0.05, 0) is 37.5 Å². The molecule has 3 aromatic rings. The van der Waals surface area contributed by atoms with Gasteiger partial charge < -0.3 is 4.90 Å². The SMILES string of the molecule is CC(=O)N1CCCC[C@@H]1c1nc(Cn2cncn2)nn1-c1cccc(F)c1. The molecule has 1 amide bonds. The lowest BCUT2D eigenvalue weighted by Crippen LogP contribution is -2.38. The Balaban J connectivity index is 1.77. The van der Waals surface area contributed by atoms with Gasteiger partial charge in [0.05, 0.1) is 11.7 Å². The van der Waals surface area contributed by atoms with Gasteiger partial charge >= 0.3 is 0 Å². The second-order valence-electron chi connectivity index (χ2n) is 6.59. The second kappa shape index (κ2) is 7.26. The summed E-state index contributed by atoms with van der Waals surface area (Å²) in [4.78, 5) is 22.6. The second-order valence-corrected chi connectivity index (χ2v) is 6.59. The highest BCUT2D eigenvalue weighted by Gasteiger charge is 2.31. The molecule has 140 valence electrons. The van der Waals surface area contributed by atoms with Crippen molar-refractivity contribution >= 4 is 5.91 Å². The number of carbonyl (C=O) groups is 1. The quantitative estimate of drug-likeness (QED) is 0.704. The first-order chi connectivity index (χ1) is 13.1. The van der Waals surface area contributed by atoms with Gasteiger partial charge in [0, 0.05) is 13.5 Å². The van der Waals surface area contributed by atoms with Crippen molar-refractivity contribution in [2.24, 2.45) is 0 Å². The third kappa shape index (κ3) is 3.57. The molecule has 0 radical (unpaired) electrons. The third-order valence-corrected chi connectivity index (χ3v) is 4.70. The van der Waals surface area contributed by atoms with Crippen LogP contribution in [0.4, 0.5) is 4.39 Å². The van der Waals surface area contributed by atoms with Crippen LogP contribution in [0.5, 0.6) is 0 Å². The topological polar surface area (TPSA) is 81.7 Å².